The van der Waals surface area contributed by atoms with Gasteiger partial charge in [0, 0.05) is 28.1 Å². The molecule has 0 aliphatic carbocycles. The summed E-state index contributed by atoms with van der Waals surface area (Å²) in [6, 6.07) is 5.96. The number of thioether (sulfide) groups is 1. The van der Waals surface area contributed by atoms with E-state index in [4.69, 9.17) is 0 Å². The molecule has 0 aliphatic rings. The van der Waals surface area contributed by atoms with Gasteiger partial charge in [-0.2, -0.15) is 0 Å². The Hall–Kier alpha value is -2.12. The number of amides is 1. The van der Waals surface area contributed by atoms with Gasteiger partial charge in [0.2, 0.25) is 5.91 Å². The Morgan fingerprint density at radius 3 is 2.66 bits per heavy atom. The smallest absolute Gasteiger partial charge is 0.234 e. The summed E-state index contributed by atoms with van der Waals surface area (Å²) in [5.74, 6) is 1.18. The number of aryl methyl sites for hydroxylation is 3. The van der Waals surface area contributed by atoms with Crippen LogP contribution < -0.4 is 5.32 Å². The molecular formula is C22H28N4OS2. The van der Waals surface area contributed by atoms with Crippen molar-refractivity contribution in [1.82, 2.24) is 14.8 Å². The Morgan fingerprint density at radius 1 is 1.17 bits per heavy atom. The number of benzene rings is 1. The van der Waals surface area contributed by atoms with Gasteiger partial charge in [0.1, 0.15) is 0 Å². The third kappa shape index (κ3) is 4.90. The topological polar surface area (TPSA) is 59.8 Å². The molecule has 0 aliphatic heterocycles. The van der Waals surface area contributed by atoms with Gasteiger partial charge in [0.05, 0.1) is 5.75 Å². The van der Waals surface area contributed by atoms with Gasteiger partial charge in [-0.1, -0.05) is 31.7 Å². The average Bonchev–Trinajstić information content (AvgIpc) is 3.26. The highest BCUT2D eigenvalue weighted by molar-refractivity contribution is 7.99. The van der Waals surface area contributed by atoms with Gasteiger partial charge < -0.3 is 9.88 Å². The molecule has 3 rings (SSSR count). The monoisotopic (exact) mass is 428 g/mol. The molecule has 0 radical (unpaired) electrons. The lowest BCUT2D eigenvalue weighted by Gasteiger charge is -2.10. The van der Waals surface area contributed by atoms with E-state index in [1.54, 1.807) is 11.3 Å². The predicted octanol–water partition coefficient (Wildman–Crippen LogP) is 5.64. The number of nitrogens with zero attached hydrogens (tertiary/aromatic N) is 3. The molecule has 3 aromatic rings. The number of anilines is 1. The number of nitrogens with one attached hydrogen (secondary N) is 1. The quantitative estimate of drug-likeness (QED) is 0.472. The van der Waals surface area contributed by atoms with Crippen molar-refractivity contribution in [2.45, 2.75) is 59.2 Å². The summed E-state index contributed by atoms with van der Waals surface area (Å²) in [6.45, 7) is 11.4. The summed E-state index contributed by atoms with van der Waals surface area (Å²) in [5.41, 5.74) is 5.72. The first-order valence-electron chi connectivity index (χ1n) is 9.95. The number of carbonyl (C=O) groups is 1. The van der Waals surface area contributed by atoms with Crippen molar-refractivity contribution in [3.63, 3.8) is 0 Å². The second-order valence-corrected chi connectivity index (χ2v) is 9.16. The molecule has 1 aromatic carbocycles. The molecule has 7 heteroatoms. The van der Waals surface area contributed by atoms with Gasteiger partial charge in [-0.25, -0.2) is 0 Å². The van der Waals surface area contributed by atoms with Crippen LogP contribution in [0.5, 0.6) is 0 Å². The summed E-state index contributed by atoms with van der Waals surface area (Å²) in [7, 11) is 0. The molecule has 154 valence electrons. The van der Waals surface area contributed by atoms with Crippen molar-refractivity contribution in [1.29, 1.82) is 0 Å². The van der Waals surface area contributed by atoms with E-state index < -0.39 is 0 Å². The fraction of sp³-hybridized carbons (Fsp3) is 0.409. The number of hydrogen-bond acceptors (Lipinski definition) is 5. The third-order valence-corrected chi connectivity index (χ3v) is 6.91. The normalized spacial score (nSPS) is 11.1. The van der Waals surface area contributed by atoms with Crippen molar-refractivity contribution < 1.29 is 4.79 Å². The molecule has 0 fully saturated rings. The molecule has 0 atom stereocenters. The minimum absolute atomic E-state index is 0.0357. The molecule has 5 nitrogen and oxygen atoms in total. The fourth-order valence-corrected chi connectivity index (χ4v) is 4.98. The molecule has 0 spiro atoms. The number of rotatable bonds is 8. The van der Waals surface area contributed by atoms with Crippen LogP contribution in [-0.2, 0) is 17.8 Å². The minimum atomic E-state index is -0.0357. The summed E-state index contributed by atoms with van der Waals surface area (Å²) in [6.07, 6.45) is 1.96. The van der Waals surface area contributed by atoms with Crippen LogP contribution in [0.1, 0.15) is 41.8 Å². The Morgan fingerprint density at radius 2 is 1.97 bits per heavy atom. The van der Waals surface area contributed by atoms with Crippen LogP contribution in [0.25, 0.3) is 11.4 Å². The predicted molar refractivity (Wildman–Crippen MR) is 123 cm³/mol. The first kappa shape index (κ1) is 21.6. The van der Waals surface area contributed by atoms with Crippen LogP contribution in [0.3, 0.4) is 0 Å². The minimum Gasteiger partial charge on any atom is -0.325 e. The standard InChI is InChI=1S/C22H28N4OS2/c1-6-10-26-21(19-12-28-16(5)18(19)7-2)24-25-22(26)29-13-20(27)23-17-9-8-14(3)15(4)11-17/h8-9,11-12H,6-7,10,13H2,1-5H3,(H,23,27). The van der Waals surface area contributed by atoms with Gasteiger partial charge in [0.25, 0.3) is 0 Å². The van der Waals surface area contributed by atoms with Crippen molar-refractivity contribution in [2.24, 2.45) is 0 Å². The van der Waals surface area contributed by atoms with E-state index in [2.05, 4.69) is 53.2 Å². The molecule has 1 amide bonds. The van der Waals surface area contributed by atoms with Crippen LogP contribution >= 0.6 is 23.1 Å². The van der Waals surface area contributed by atoms with Crippen LogP contribution in [0.4, 0.5) is 5.69 Å². The van der Waals surface area contributed by atoms with Gasteiger partial charge >= 0.3 is 0 Å². The third-order valence-electron chi connectivity index (χ3n) is 4.99. The summed E-state index contributed by atoms with van der Waals surface area (Å²) < 4.78 is 2.15. The lowest BCUT2D eigenvalue weighted by Crippen LogP contribution is -2.15. The van der Waals surface area contributed by atoms with Crippen molar-refractivity contribution >= 4 is 34.7 Å². The van der Waals surface area contributed by atoms with Crippen LogP contribution in [0.2, 0.25) is 0 Å². The molecule has 1 N–H and O–H groups in total. The number of thiophene rings is 1. The fourth-order valence-electron chi connectivity index (χ4n) is 3.27. The number of carbonyl (C=O) groups excluding carboxylic acids is 1. The van der Waals surface area contributed by atoms with E-state index in [1.165, 1.54) is 38.9 Å². The number of hydrogen-bond donors (Lipinski definition) is 1. The maximum absolute atomic E-state index is 12.4. The SMILES string of the molecule is CCCn1c(SCC(=O)Nc2ccc(C)c(C)c2)nnc1-c1csc(C)c1CC. The summed E-state index contributed by atoms with van der Waals surface area (Å²) in [5, 5.41) is 14.8. The molecule has 0 bridgehead atoms. The van der Waals surface area contributed by atoms with Crippen LogP contribution in [0.15, 0.2) is 28.7 Å². The molecular weight excluding hydrogens is 400 g/mol. The van der Waals surface area contributed by atoms with E-state index >= 15 is 0 Å². The van der Waals surface area contributed by atoms with E-state index in [-0.39, 0.29) is 5.91 Å². The average molecular weight is 429 g/mol. The maximum Gasteiger partial charge on any atom is 0.234 e. The van der Waals surface area contributed by atoms with E-state index in [0.29, 0.717) is 5.75 Å². The Labute approximate surface area is 180 Å². The number of aromatic nitrogens is 3. The first-order valence-corrected chi connectivity index (χ1v) is 11.8. The van der Waals surface area contributed by atoms with Gasteiger partial charge in [-0.3, -0.25) is 4.79 Å². The zero-order valence-corrected chi connectivity index (χ0v) is 19.3. The lowest BCUT2D eigenvalue weighted by atomic mass is 10.1. The van der Waals surface area contributed by atoms with Crippen LogP contribution in [0, 0.1) is 20.8 Å². The first-order chi connectivity index (χ1) is 13.9. The molecule has 0 saturated carbocycles. The van der Waals surface area contributed by atoms with Crippen molar-refractivity contribution in [3.05, 3.63) is 45.1 Å². The Kier molecular flexibility index (Phi) is 7.14. The summed E-state index contributed by atoms with van der Waals surface area (Å²) in [4.78, 5) is 13.8. The molecule has 2 heterocycles. The zero-order chi connectivity index (χ0) is 21.0. The maximum atomic E-state index is 12.4. The largest absolute Gasteiger partial charge is 0.325 e. The zero-order valence-electron chi connectivity index (χ0n) is 17.7. The Bertz CT molecular complexity index is 1010. The Balaban J connectivity index is 1.74. The van der Waals surface area contributed by atoms with E-state index in [9.17, 15) is 4.79 Å². The molecule has 0 unspecified atom stereocenters. The van der Waals surface area contributed by atoms with Gasteiger partial charge in [-0.05, 0) is 62.4 Å². The molecule has 29 heavy (non-hydrogen) atoms. The van der Waals surface area contributed by atoms with E-state index in [1.807, 2.05) is 25.1 Å². The highest BCUT2D eigenvalue weighted by Gasteiger charge is 2.19. The van der Waals surface area contributed by atoms with Crippen LogP contribution in [-0.4, -0.2) is 26.4 Å². The van der Waals surface area contributed by atoms with Crippen molar-refractivity contribution in [3.8, 4) is 11.4 Å². The second-order valence-electron chi connectivity index (χ2n) is 7.13. The van der Waals surface area contributed by atoms with E-state index in [0.717, 1.165) is 36.1 Å². The van der Waals surface area contributed by atoms with Gasteiger partial charge in [0.15, 0.2) is 11.0 Å². The lowest BCUT2D eigenvalue weighted by molar-refractivity contribution is -0.113. The van der Waals surface area contributed by atoms with Gasteiger partial charge in [-0.15, -0.1) is 21.5 Å². The van der Waals surface area contributed by atoms with Crippen molar-refractivity contribution in [2.75, 3.05) is 11.1 Å². The highest BCUT2D eigenvalue weighted by Crippen LogP contribution is 2.32. The second kappa shape index (κ2) is 9.59. The molecule has 2 aromatic heterocycles. The summed E-state index contributed by atoms with van der Waals surface area (Å²) >= 11 is 3.19. The molecule has 0 saturated heterocycles. The highest BCUT2D eigenvalue weighted by atomic mass is 32.2.